The lowest BCUT2D eigenvalue weighted by Gasteiger charge is -2.29. The van der Waals surface area contributed by atoms with E-state index in [4.69, 9.17) is 4.74 Å². The molecule has 0 aliphatic heterocycles. The summed E-state index contributed by atoms with van der Waals surface area (Å²) in [5, 5.41) is 0. The van der Waals surface area contributed by atoms with Crippen molar-refractivity contribution in [1.82, 2.24) is 0 Å². The van der Waals surface area contributed by atoms with Crippen LogP contribution < -0.4 is 0 Å². The fraction of sp³-hybridized carbons (Fsp3) is 0.741. The second kappa shape index (κ2) is 11.8. The highest BCUT2D eigenvalue weighted by atomic mass is 16.5. The zero-order chi connectivity index (χ0) is 20.5. The number of rotatable bonds is 9. The average molecular weight is 399 g/mol. The van der Waals surface area contributed by atoms with E-state index in [1.54, 1.807) is 0 Å². The summed E-state index contributed by atoms with van der Waals surface area (Å²) in [6, 6.07) is 8.34. The molecule has 0 saturated heterocycles. The zero-order valence-electron chi connectivity index (χ0n) is 18.8. The monoisotopic (exact) mass is 398 g/mol. The molecule has 0 amide bonds. The van der Waals surface area contributed by atoms with Crippen LogP contribution in [0.1, 0.15) is 126 Å². The molecule has 0 aromatic heterocycles. The second-order valence-corrected chi connectivity index (χ2v) is 9.67. The van der Waals surface area contributed by atoms with E-state index in [2.05, 4.69) is 26.0 Å². The topological polar surface area (TPSA) is 26.3 Å². The third-order valence-corrected chi connectivity index (χ3v) is 7.44. The first-order chi connectivity index (χ1) is 14.2. The molecule has 1 aromatic carbocycles. The molecule has 2 saturated carbocycles. The Morgan fingerprint density at radius 2 is 1.41 bits per heavy atom. The molecule has 0 radical (unpaired) electrons. The van der Waals surface area contributed by atoms with Gasteiger partial charge in [0, 0.05) is 0 Å². The van der Waals surface area contributed by atoms with Crippen molar-refractivity contribution in [3.63, 3.8) is 0 Å². The summed E-state index contributed by atoms with van der Waals surface area (Å²) in [6.45, 7) is 4.55. The van der Waals surface area contributed by atoms with E-state index in [-0.39, 0.29) is 12.1 Å². The van der Waals surface area contributed by atoms with E-state index in [1.165, 1.54) is 82.6 Å². The smallest absolute Gasteiger partial charge is 0.338 e. The molecule has 0 N–H and O–H groups in total. The first-order valence-electron chi connectivity index (χ1n) is 12.5. The van der Waals surface area contributed by atoms with Crippen LogP contribution in [0.4, 0.5) is 0 Å². The molecule has 2 nitrogen and oxygen atoms in total. The average Bonchev–Trinajstić information content (AvgIpc) is 2.76. The van der Waals surface area contributed by atoms with Gasteiger partial charge in [0.2, 0.25) is 0 Å². The molecule has 0 bridgehead atoms. The molecule has 2 aliphatic carbocycles. The van der Waals surface area contributed by atoms with Crippen LogP contribution in [0.25, 0.3) is 0 Å². The minimum absolute atomic E-state index is 0.123. The van der Waals surface area contributed by atoms with Gasteiger partial charge in [0.15, 0.2) is 0 Å². The number of carbonyl (C=O) groups excluding carboxylic acids is 1. The Kier molecular flexibility index (Phi) is 9.08. The number of carbonyl (C=O) groups is 1. The van der Waals surface area contributed by atoms with E-state index in [0.717, 1.165) is 30.2 Å². The van der Waals surface area contributed by atoms with E-state index < -0.39 is 0 Å². The van der Waals surface area contributed by atoms with Gasteiger partial charge in [-0.05, 0) is 86.8 Å². The van der Waals surface area contributed by atoms with E-state index in [9.17, 15) is 4.79 Å². The lowest BCUT2D eigenvalue weighted by atomic mass is 9.77. The highest BCUT2D eigenvalue weighted by Gasteiger charge is 2.25. The van der Waals surface area contributed by atoms with Crippen molar-refractivity contribution in [2.75, 3.05) is 0 Å². The lowest BCUT2D eigenvalue weighted by molar-refractivity contribution is 0.0161. The Balaban J connectivity index is 1.42. The van der Waals surface area contributed by atoms with Gasteiger partial charge in [-0.25, -0.2) is 4.79 Å². The molecule has 0 heterocycles. The van der Waals surface area contributed by atoms with Crippen LogP contribution in [0.3, 0.4) is 0 Å². The second-order valence-electron chi connectivity index (χ2n) is 9.67. The largest absolute Gasteiger partial charge is 0.459 e. The summed E-state index contributed by atoms with van der Waals surface area (Å²) in [5.41, 5.74) is 2.13. The Hall–Kier alpha value is -1.31. The van der Waals surface area contributed by atoms with Crippen molar-refractivity contribution in [2.45, 2.75) is 116 Å². The maximum atomic E-state index is 12.6. The van der Waals surface area contributed by atoms with E-state index >= 15 is 0 Å². The van der Waals surface area contributed by atoms with Gasteiger partial charge in [-0.1, -0.05) is 64.5 Å². The van der Waals surface area contributed by atoms with Crippen LogP contribution in [-0.2, 0) is 4.74 Å². The molecular formula is C27H42O2. The van der Waals surface area contributed by atoms with E-state index in [0.29, 0.717) is 5.92 Å². The first-order valence-corrected chi connectivity index (χ1v) is 12.5. The summed E-state index contributed by atoms with van der Waals surface area (Å²) in [4.78, 5) is 12.6. The number of esters is 1. The highest BCUT2D eigenvalue weighted by Crippen LogP contribution is 2.38. The maximum Gasteiger partial charge on any atom is 0.338 e. The number of benzene rings is 1. The summed E-state index contributed by atoms with van der Waals surface area (Å²) >= 11 is 0. The summed E-state index contributed by atoms with van der Waals surface area (Å²) in [5.74, 6) is 2.34. The van der Waals surface area contributed by atoms with Crippen molar-refractivity contribution in [3.05, 3.63) is 35.4 Å². The summed E-state index contributed by atoms with van der Waals surface area (Å²) in [7, 11) is 0. The molecule has 0 atom stereocenters. The van der Waals surface area contributed by atoms with Crippen molar-refractivity contribution in [3.8, 4) is 0 Å². The predicted octanol–water partition coefficient (Wildman–Crippen LogP) is 8.06. The molecule has 162 valence electrons. The van der Waals surface area contributed by atoms with Gasteiger partial charge in [0.05, 0.1) is 5.56 Å². The Bertz CT molecular complexity index is 589. The molecule has 2 heteroatoms. The number of ether oxygens (including phenoxy) is 1. The Morgan fingerprint density at radius 1 is 0.793 bits per heavy atom. The third-order valence-electron chi connectivity index (χ3n) is 7.44. The van der Waals surface area contributed by atoms with Gasteiger partial charge in [0.25, 0.3) is 0 Å². The lowest BCUT2D eigenvalue weighted by Crippen LogP contribution is -2.24. The number of unbranched alkanes of at least 4 members (excludes halogenated alkanes) is 2. The summed E-state index contributed by atoms with van der Waals surface area (Å²) in [6.07, 6.45) is 18.1. The van der Waals surface area contributed by atoms with Crippen LogP contribution in [0.5, 0.6) is 0 Å². The van der Waals surface area contributed by atoms with E-state index in [1.807, 2.05) is 12.1 Å². The Labute approximate surface area is 178 Å². The molecule has 2 fully saturated rings. The number of hydrogen-bond acceptors (Lipinski definition) is 2. The fourth-order valence-corrected chi connectivity index (χ4v) is 5.52. The predicted molar refractivity (Wildman–Crippen MR) is 121 cm³/mol. The van der Waals surface area contributed by atoms with Gasteiger partial charge in [-0.3, -0.25) is 0 Å². The van der Waals surface area contributed by atoms with Crippen LogP contribution in [0, 0.1) is 11.8 Å². The normalized spacial score (nSPS) is 27.5. The summed E-state index contributed by atoms with van der Waals surface area (Å²) < 4.78 is 5.81. The SMILES string of the molecule is CCCCCC1CCC(c2ccc(C(=O)OC3CCC(CCC)CC3)cc2)CC1. The minimum Gasteiger partial charge on any atom is -0.459 e. The van der Waals surface area contributed by atoms with Crippen LogP contribution in [0.2, 0.25) is 0 Å². The molecule has 1 aromatic rings. The first kappa shape index (κ1) is 22.4. The van der Waals surface area contributed by atoms with Gasteiger partial charge in [-0.15, -0.1) is 0 Å². The molecule has 0 spiro atoms. The zero-order valence-corrected chi connectivity index (χ0v) is 18.8. The van der Waals surface area contributed by atoms with Crippen molar-refractivity contribution in [2.24, 2.45) is 11.8 Å². The van der Waals surface area contributed by atoms with Gasteiger partial charge in [0.1, 0.15) is 6.10 Å². The molecule has 3 rings (SSSR count). The van der Waals surface area contributed by atoms with Crippen molar-refractivity contribution < 1.29 is 9.53 Å². The molecule has 2 aliphatic rings. The standard InChI is InChI=1S/C27H42O2/c1-3-5-6-8-22-9-13-23(14-10-22)24-15-17-25(18-16-24)27(28)29-26-19-11-21(7-4-2)12-20-26/h15-18,21-23,26H,3-14,19-20H2,1-2H3. The maximum absolute atomic E-state index is 12.6. The minimum atomic E-state index is -0.130. The molecule has 0 unspecified atom stereocenters. The van der Waals surface area contributed by atoms with Gasteiger partial charge >= 0.3 is 5.97 Å². The fourth-order valence-electron chi connectivity index (χ4n) is 5.52. The third kappa shape index (κ3) is 6.86. The molecule has 29 heavy (non-hydrogen) atoms. The van der Waals surface area contributed by atoms with Gasteiger partial charge < -0.3 is 4.74 Å². The molecular weight excluding hydrogens is 356 g/mol. The van der Waals surface area contributed by atoms with Crippen molar-refractivity contribution in [1.29, 1.82) is 0 Å². The van der Waals surface area contributed by atoms with Crippen LogP contribution >= 0.6 is 0 Å². The van der Waals surface area contributed by atoms with Crippen LogP contribution in [-0.4, -0.2) is 12.1 Å². The van der Waals surface area contributed by atoms with Crippen molar-refractivity contribution >= 4 is 5.97 Å². The Morgan fingerprint density at radius 3 is 2.03 bits per heavy atom. The van der Waals surface area contributed by atoms with Crippen LogP contribution in [0.15, 0.2) is 24.3 Å². The quantitative estimate of drug-likeness (QED) is 0.310. The highest BCUT2D eigenvalue weighted by molar-refractivity contribution is 5.89. The number of hydrogen-bond donors (Lipinski definition) is 0. The van der Waals surface area contributed by atoms with Gasteiger partial charge in [-0.2, -0.15) is 0 Å².